The Morgan fingerprint density at radius 3 is 2.36 bits per heavy atom. The zero-order valence-corrected chi connectivity index (χ0v) is 15.3. The first-order valence-electron chi connectivity index (χ1n) is 8.36. The average molecular weight is 395 g/mol. The van der Waals surface area contributed by atoms with Crippen LogP contribution in [-0.2, 0) is 9.59 Å². The molecule has 0 saturated heterocycles. The summed E-state index contributed by atoms with van der Waals surface area (Å²) < 4.78 is 42.2. The zero-order valence-electron chi connectivity index (χ0n) is 15.3. The lowest BCUT2D eigenvalue weighted by molar-refractivity contribution is -0.122. The summed E-state index contributed by atoms with van der Waals surface area (Å²) in [7, 11) is 1.57. The van der Waals surface area contributed by atoms with Crippen LogP contribution in [0.25, 0.3) is 0 Å². The predicted octanol–water partition coefficient (Wildman–Crippen LogP) is 3.32. The molecule has 150 valence electrons. The number of alkyl halides is 2. The van der Waals surface area contributed by atoms with Crippen molar-refractivity contribution in [2.75, 3.05) is 24.2 Å². The van der Waals surface area contributed by atoms with Gasteiger partial charge in [-0.3, -0.25) is 14.5 Å². The predicted molar refractivity (Wildman–Crippen MR) is 98.8 cm³/mol. The summed E-state index contributed by atoms with van der Waals surface area (Å²) >= 11 is 0. The van der Waals surface area contributed by atoms with Crippen molar-refractivity contribution in [3.05, 3.63) is 54.3 Å². The molecule has 0 unspecified atom stereocenters. The molecular formula is C19H20F3N3O3. The SMILES string of the molecule is C[C@H](C(=O)Nc1ccccc1OC(F)F)N(C)CC(=O)Nc1ccc(F)cc1. The van der Waals surface area contributed by atoms with E-state index in [1.165, 1.54) is 47.4 Å². The highest BCUT2D eigenvalue weighted by Crippen LogP contribution is 2.25. The molecule has 0 aliphatic rings. The van der Waals surface area contributed by atoms with Gasteiger partial charge >= 0.3 is 6.61 Å². The first-order chi connectivity index (χ1) is 13.3. The van der Waals surface area contributed by atoms with E-state index in [1.807, 2.05) is 0 Å². The van der Waals surface area contributed by atoms with E-state index in [-0.39, 0.29) is 18.0 Å². The minimum atomic E-state index is -3.02. The number of nitrogens with zero attached hydrogens (tertiary/aromatic N) is 1. The first kappa shape index (κ1) is 21.2. The Morgan fingerprint density at radius 2 is 1.71 bits per heavy atom. The molecule has 0 aliphatic heterocycles. The molecule has 6 nitrogen and oxygen atoms in total. The number of likely N-dealkylation sites (N-methyl/N-ethyl adjacent to an activating group) is 1. The monoisotopic (exact) mass is 395 g/mol. The number of hydrogen-bond acceptors (Lipinski definition) is 4. The van der Waals surface area contributed by atoms with E-state index in [1.54, 1.807) is 20.0 Å². The Kier molecular flexibility index (Phi) is 7.39. The van der Waals surface area contributed by atoms with Gasteiger partial charge in [0, 0.05) is 5.69 Å². The molecule has 0 aromatic heterocycles. The average Bonchev–Trinajstić information content (AvgIpc) is 2.64. The number of nitrogens with one attached hydrogen (secondary N) is 2. The molecule has 0 spiro atoms. The second kappa shape index (κ2) is 9.75. The molecule has 0 fully saturated rings. The van der Waals surface area contributed by atoms with E-state index in [4.69, 9.17) is 0 Å². The number of ether oxygens (including phenoxy) is 1. The molecular weight excluding hydrogens is 375 g/mol. The molecule has 0 saturated carbocycles. The molecule has 2 N–H and O–H groups in total. The fourth-order valence-electron chi connectivity index (χ4n) is 2.30. The van der Waals surface area contributed by atoms with Gasteiger partial charge in [0.05, 0.1) is 18.3 Å². The van der Waals surface area contributed by atoms with Crippen molar-refractivity contribution < 1.29 is 27.5 Å². The van der Waals surface area contributed by atoms with Gasteiger partial charge in [-0.2, -0.15) is 8.78 Å². The fraction of sp³-hybridized carbons (Fsp3) is 0.263. The lowest BCUT2D eigenvalue weighted by Crippen LogP contribution is -2.43. The smallest absolute Gasteiger partial charge is 0.387 e. The van der Waals surface area contributed by atoms with E-state index in [0.717, 1.165) is 0 Å². The molecule has 1 atom stereocenters. The van der Waals surface area contributed by atoms with Gasteiger partial charge in [-0.15, -0.1) is 0 Å². The van der Waals surface area contributed by atoms with Crippen molar-refractivity contribution >= 4 is 23.2 Å². The van der Waals surface area contributed by atoms with Crippen LogP contribution >= 0.6 is 0 Å². The number of amides is 2. The van der Waals surface area contributed by atoms with Crippen molar-refractivity contribution in [1.29, 1.82) is 0 Å². The van der Waals surface area contributed by atoms with Crippen LogP contribution < -0.4 is 15.4 Å². The Hall–Kier alpha value is -3.07. The maximum absolute atomic E-state index is 12.9. The van der Waals surface area contributed by atoms with E-state index >= 15 is 0 Å². The Labute approximate surface area is 160 Å². The third kappa shape index (κ3) is 6.27. The second-order valence-electron chi connectivity index (χ2n) is 6.01. The Morgan fingerprint density at radius 1 is 1.07 bits per heavy atom. The summed E-state index contributed by atoms with van der Waals surface area (Å²) in [5.41, 5.74) is 0.527. The van der Waals surface area contributed by atoms with Crippen molar-refractivity contribution in [2.24, 2.45) is 0 Å². The minimum Gasteiger partial charge on any atom is -0.433 e. The van der Waals surface area contributed by atoms with Crippen LogP contribution in [0.1, 0.15) is 6.92 Å². The van der Waals surface area contributed by atoms with Crippen LogP contribution in [0.2, 0.25) is 0 Å². The van der Waals surface area contributed by atoms with Crippen LogP contribution in [0.15, 0.2) is 48.5 Å². The van der Waals surface area contributed by atoms with Crippen LogP contribution in [0, 0.1) is 5.82 Å². The van der Waals surface area contributed by atoms with Gasteiger partial charge < -0.3 is 15.4 Å². The normalized spacial score (nSPS) is 12.0. The van der Waals surface area contributed by atoms with Crippen LogP contribution in [-0.4, -0.2) is 43.0 Å². The van der Waals surface area contributed by atoms with Crippen molar-refractivity contribution in [2.45, 2.75) is 19.6 Å². The molecule has 0 radical (unpaired) electrons. The zero-order chi connectivity index (χ0) is 20.7. The highest BCUT2D eigenvalue weighted by atomic mass is 19.3. The van der Waals surface area contributed by atoms with E-state index in [9.17, 15) is 22.8 Å². The molecule has 28 heavy (non-hydrogen) atoms. The molecule has 0 bridgehead atoms. The maximum atomic E-state index is 12.9. The molecule has 2 aromatic rings. The van der Waals surface area contributed by atoms with Gasteiger partial charge in [0.15, 0.2) is 0 Å². The first-order valence-corrected chi connectivity index (χ1v) is 8.36. The number of rotatable bonds is 8. The van der Waals surface area contributed by atoms with Crippen molar-refractivity contribution in [1.82, 2.24) is 4.90 Å². The molecule has 2 amide bonds. The standard InChI is InChI=1S/C19H20F3N3O3/c1-12(18(27)24-15-5-3-4-6-16(15)28-19(21)22)25(2)11-17(26)23-14-9-7-13(20)8-10-14/h3-10,12,19H,11H2,1-2H3,(H,23,26)(H,24,27)/t12-/m1/s1. The third-order valence-corrected chi connectivity index (χ3v) is 3.92. The van der Waals surface area contributed by atoms with Crippen LogP contribution in [0.5, 0.6) is 5.75 Å². The molecule has 2 aromatic carbocycles. The molecule has 9 heteroatoms. The summed E-state index contributed by atoms with van der Waals surface area (Å²) in [5, 5.41) is 5.11. The second-order valence-corrected chi connectivity index (χ2v) is 6.01. The topological polar surface area (TPSA) is 70.7 Å². The van der Waals surface area contributed by atoms with Gasteiger partial charge in [0.1, 0.15) is 11.6 Å². The highest BCUT2D eigenvalue weighted by molar-refractivity contribution is 5.97. The van der Waals surface area contributed by atoms with Gasteiger partial charge in [-0.25, -0.2) is 4.39 Å². The van der Waals surface area contributed by atoms with Gasteiger partial charge in [0.25, 0.3) is 0 Å². The molecule has 0 heterocycles. The summed E-state index contributed by atoms with van der Waals surface area (Å²) in [6.45, 7) is -1.56. The summed E-state index contributed by atoms with van der Waals surface area (Å²) in [6.07, 6.45) is 0. The van der Waals surface area contributed by atoms with E-state index < -0.39 is 30.3 Å². The number of halogens is 3. The summed E-state index contributed by atoms with van der Waals surface area (Å²) in [4.78, 5) is 26.0. The van der Waals surface area contributed by atoms with Gasteiger partial charge in [-0.05, 0) is 50.4 Å². The number of benzene rings is 2. The highest BCUT2D eigenvalue weighted by Gasteiger charge is 2.21. The molecule has 0 aliphatic carbocycles. The number of carbonyl (C=O) groups is 2. The third-order valence-electron chi connectivity index (χ3n) is 3.92. The number of carbonyl (C=O) groups excluding carboxylic acids is 2. The summed E-state index contributed by atoms with van der Waals surface area (Å²) in [6, 6.07) is 10.4. The Balaban J connectivity index is 1.93. The van der Waals surface area contributed by atoms with Gasteiger partial charge in [-0.1, -0.05) is 12.1 Å². The van der Waals surface area contributed by atoms with Crippen molar-refractivity contribution in [3.8, 4) is 5.75 Å². The van der Waals surface area contributed by atoms with Crippen LogP contribution in [0.4, 0.5) is 24.5 Å². The Bertz CT molecular complexity index is 816. The van der Waals surface area contributed by atoms with Gasteiger partial charge in [0.2, 0.25) is 11.8 Å². The number of anilines is 2. The largest absolute Gasteiger partial charge is 0.433 e. The van der Waals surface area contributed by atoms with Crippen molar-refractivity contribution in [3.63, 3.8) is 0 Å². The van der Waals surface area contributed by atoms with Crippen LogP contribution in [0.3, 0.4) is 0 Å². The van der Waals surface area contributed by atoms with E-state index in [0.29, 0.717) is 5.69 Å². The fourth-order valence-corrected chi connectivity index (χ4v) is 2.30. The lowest BCUT2D eigenvalue weighted by atomic mass is 10.2. The summed E-state index contributed by atoms with van der Waals surface area (Å²) in [5.74, 6) is -1.47. The quantitative estimate of drug-likeness (QED) is 0.719. The number of hydrogen-bond donors (Lipinski definition) is 2. The molecule has 2 rings (SSSR count). The lowest BCUT2D eigenvalue weighted by Gasteiger charge is -2.23. The maximum Gasteiger partial charge on any atom is 0.387 e. The van der Waals surface area contributed by atoms with E-state index in [2.05, 4.69) is 15.4 Å². The minimum absolute atomic E-state index is 0.101. The number of para-hydroxylation sites is 2.